The molecule has 0 heterocycles. The Balaban J connectivity index is 1.20. The first-order valence-electron chi connectivity index (χ1n) is 19.7. The van der Waals surface area contributed by atoms with Gasteiger partial charge < -0.3 is 0 Å². The molecule has 57 heavy (non-hydrogen) atoms. The molecule has 0 spiro atoms. The molecule has 2 aliphatic rings. The van der Waals surface area contributed by atoms with Crippen molar-refractivity contribution in [1.82, 2.24) is 0 Å². The van der Waals surface area contributed by atoms with Crippen molar-refractivity contribution in [3.63, 3.8) is 0 Å². The van der Waals surface area contributed by atoms with Crippen molar-refractivity contribution in [2.24, 2.45) is 0 Å². The molecule has 0 bridgehead atoms. The van der Waals surface area contributed by atoms with Gasteiger partial charge in [0.2, 0.25) is 0 Å². The fraction of sp³-hybridized carbons (Fsp3) is 0.0877. The summed E-state index contributed by atoms with van der Waals surface area (Å²) in [6, 6.07) is 50.0. The van der Waals surface area contributed by atoms with Gasteiger partial charge in [0.15, 0.2) is 0 Å². The summed E-state index contributed by atoms with van der Waals surface area (Å²) >= 11 is 0. The van der Waals surface area contributed by atoms with Gasteiger partial charge in [0.05, 0.1) is 0 Å². The Hall–Kier alpha value is -7.12. The van der Waals surface area contributed by atoms with Crippen LogP contribution in [0, 0.1) is 30.9 Å². The van der Waals surface area contributed by atoms with Crippen LogP contribution >= 0.6 is 0 Å². The zero-order chi connectivity index (χ0) is 38.9. The summed E-state index contributed by atoms with van der Waals surface area (Å²) in [6.45, 7) is 13.6. The zero-order valence-electron chi connectivity index (χ0n) is 32.5. The van der Waals surface area contributed by atoms with Crippen molar-refractivity contribution in [2.75, 3.05) is 0 Å². The summed E-state index contributed by atoms with van der Waals surface area (Å²) in [6.07, 6.45) is 16.1. The van der Waals surface area contributed by atoms with Crippen LogP contribution in [0.5, 0.6) is 0 Å². The molecule has 0 heteroatoms. The second kappa shape index (κ2) is 15.2. The first kappa shape index (κ1) is 35.6. The summed E-state index contributed by atoms with van der Waals surface area (Å²) in [4.78, 5) is 0. The maximum atomic E-state index is 4.79. The van der Waals surface area contributed by atoms with E-state index in [2.05, 4.69) is 190 Å². The predicted octanol–water partition coefficient (Wildman–Crippen LogP) is 14.9. The summed E-state index contributed by atoms with van der Waals surface area (Å²) in [5, 5.41) is 7.04. The van der Waals surface area contributed by atoms with E-state index in [1.165, 1.54) is 60.4 Å². The number of rotatable bonds is 8. The van der Waals surface area contributed by atoms with Gasteiger partial charge in [-0.25, -0.2) is 0 Å². The number of fused-ring (bicyclic) bond motifs is 6. The van der Waals surface area contributed by atoms with Gasteiger partial charge in [-0.15, -0.1) is 0 Å². The lowest BCUT2D eigenvalue weighted by atomic mass is 9.82. The number of hydrogen-bond acceptors (Lipinski definition) is 0. The van der Waals surface area contributed by atoms with Gasteiger partial charge in [0, 0.05) is 17.4 Å². The molecule has 0 radical (unpaired) electrons. The summed E-state index contributed by atoms with van der Waals surface area (Å²) in [5.41, 5.74) is 16.3. The fourth-order valence-corrected chi connectivity index (χ4v) is 8.42. The molecule has 9 rings (SSSR count). The molecular formula is C57H42. The van der Waals surface area contributed by atoms with E-state index in [0.29, 0.717) is 0 Å². The lowest BCUT2D eigenvalue weighted by Gasteiger charge is -2.22. The molecule has 0 fully saturated rings. The van der Waals surface area contributed by atoms with Crippen LogP contribution in [0.15, 0.2) is 182 Å². The van der Waals surface area contributed by atoms with Crippen molar-refractivity contribution < 1.29 is 0 Å². The molecule has 0 aromatic heterocycles. The van der Waals surface area contributed by atoms with Crippen LogP contribution in [-0.4, -0.2) is 0 Å². The van der Waals surface area contributed by atoms with Crippen LogP contribution in [0.2, 0.25) is 0 Å². The zero-order valence-corrected chi connectivity index (χ0v) is 32.5. The molecule has 0 atom stereocenters. The molecule has 0 N–H and O–H groups in total. The molecule has 0 amide bonds. The number of aryl methyl sites for hydroxylation is 1. The Morgan fingerprint density at radius 1 is 0.684 bits per heavy atom. The van der Waals surface area contributed by atoms with Crippen molar-refractivity contribution in [1.29, 1.82) is 0 Å². The average molecular weight is 727 g/mol. The highest BCUT2D eigenvalue weighted by molar-refractivity contribution is 6.13. The van der Waals surface area contributed by atoms with Crippen LogP contribution in [0.25, 0.3) is 66.2 Å². The van der Waals surface area contributed by atoms with Crippen molar-refractivity contribution in [3.05, 3.63) is 227 Å². The third kappa shape index (κ3) is 6.89. The highest BCUT2D eigenvalue weighted by Gasteiger charge is 2.19. The van der Waals surface area contributed by atoms with E-state index in [-0.39, 0.29) is 0 Å². The average Bonchev–Trinajstić information content (AvgIpc) is 3.51. The molecule has 2 aliphatic carbocycles. The van der Waals surface area contributed by atoms with E-state index in [1.54, 1.807) is 0 Å². The summed E-state index contributed by atoms with van der Waals surface area (Å²) in [5.74, 6) is 6.77. The number of hydrogen-bond donors (Lipinski definition) is 0. The summed E-state index contributed by atoms with van der Waals surface area (Å²) in [7, 11) is 0. The van der Waals surface area contributed by atoms with Gasteiger partial charge in [-0.3, -0.25) is 0 Å². The van der Waals surface area contributed by atoms with Crippen molar-refractivity contribution in [2.45, 2.75) is 33.1 Å². The van der Waals surface area contributed by atoms with Gasteiger partial charge >= 0.3 is 0 Å². The maximum Gasteiger partial charge on any atom is 0.0406 e. The molecule has 0 saturated carbocycles. The van der Waals surface area contributed by atoms with Gasteiger partial charge in [-0.2, -0.15) is 0 Å². The molecule has 0 unspecified atom stereocenters. The van der Waals surface area contributed by atoms with Crippen LogP contribution in [0.3, 0.4) is 0 Å². The van der Waals surface area contributed by atoms with E-state index in [1.807, 2.05) is 12.1 Å². The van der Waals surface area contributed by atoms with Crippen molar-refractivity contribution >= 4 is 55.1 Å². The van der Waals surface area contributed by atoms with E-state index in [9.17, 15) is 0 Å². The van der Waals surface area contributed by atoms with Gasteiger partial charge in [-0.1, -0.05) is 159 Å². The predicted molar refractivity (Wildman–Crippen MR) is 245 cm³/mol. The van der Waals surface area contributed by atoms with Gasteiger partial charge in [0.1, 0.15) is 0 Å². The van der Waals surface area contributed by atoms with Gasteiger partial charge in [0.25, 0.3) is 0 Å². The Morgan fingerprint density at radius 2 is 1.44 bits per heavy atom. The third-order valence-corrected chi connectivity index (χ3v) is 11.5. The quantitative estimate of drug-likeness (QED) is 0.108. The van der Waals surface area contributed by atoms with E-state index in [4.69, 9.17) is 6.58 Å². The van der Waals surface area contributed by atoms with Crippen LogP contribution in [0.1, 0.15) is 59.6 Å². The molecule has 270 valence electrons. The number of benzene rings is 6. The second-order valence-electron chi connectivity index (χ2n) is 15.1. The van der Waals surface area contributed by atoms with E-state index in [0.717, 1.165) is 69.2 Å². The minimum Gasteiger partial charge on any atom is -0.0937 e. The Morgan fingerprint density at radius 3 is 2.26 bits per heavy atom. The van der Waals surface area contributed by atoms with Gasteiger partial charge in [-0.05, 0) is 162 Å². The van der Waals surface area contributed by atoms with Crippen LogP contribution in [0.4, 0.5) is 0 Å². The lowest BCUT2D eigenvalue weighted by Crippen LogP contribution is -2.01. The standard InChI is InChI=1S/C57H42/c1-38-27-28-47(57-37-46-20-11-12-22-49(46)51-24-14-16-26-53(51)57)36-54(38)56(44-31-29-43(30-32-44)40(3)33-39(2)42-17-7-5-8-18-42)34-41(4)55-35-45-19-9-6-10-21-48(45)50-23-13-15-25-52(50)55/h5,7-9,11-15,17-20,22-25,27-29,31,33-37H,2,4,6,30,32H2,1,3H3/b40-33+,56-34-. The molecule has 7 aromatic rings. The number of allylic oxidation sites excluding steroid dienone is 11. The van der Waals surface area contributed by atoms with Crippen LogP contribution in [-0.2, 0) is 0 Å². The topological polar surface area (TPSA) is 0 Å². The monoisotopic (exact) mass is 726 g/mol. The Labute approximate surface area is 336 Å². The third-order valence-electron chi connectivity index (χ3n) is 11.5. The first-order valence-corrected chi connectivity index (χ1v) is 19.7. The lowest BCUT2D eigenvalue weighted by molar-refractivity contribution is 0.938. The smallest absolute Gasteiger partial charge is 0.0406 e. The second-order valence-corrected chi connectivity index (χ2v) is 15.1. The first-order chi connectivity index (χ1) is 27.9. The SMILES string of the molecule is C=C(/C=C(\C)C1=CC=C(/C(=C/C(=C)c2cc3c(c4ccccc24)C#CCC=C3)c2cc(-c3cc4ccccc4c4ccc#cc34)ccc2C)CC1)c1ccccc1. The highest BCUT2D eigenvalue weighted by Crippen LogP contribution is 2.41. The molecule has 0 aliphatic heterocycles. The molecule has 7 aromatic carbocycles. The fourth-order valence-electron chi connectivity index (χ4n) is 8.42. The van der Waals surface area contributed by atoms with E-state index < -0.39 is 0 Å². The van der Waals surface area contributed by atoms with Crippen molar-refractivity contribution in [3.8, 4) is 23.0 Å². The molecule has 0 nitrogen and oxygen atoms in total. The summed E-state index contributed by atoms with van der Waals surface area (Å²) < 4.78 is 0. The minimum atomic E-state index is 0.750. The molecule has 0 saturated heterocycles. The Bertz CT molecular complexity index is 3010. The Kier molecular flexibility index (Phi) is 9.48. The minimum absolute atomic E-state index is 0.750. The highest BCUT2D eigenvalue weighted by atomic mass is 14.2. The maximum absolute atomic E-state index is 4.79. The van der Waals surface area contributed by atoms with E-state index >= 15 is 0 Å². The van der Waals surface area contributed by atoms with Crippen LogP contribution < -0.4 is 0 Å². The largest absolute Gasteiger partial charge is 0.0937 e. The molecular weight excluding hydrogens is 685 g/mol. The normalized spacial score (nSPS) is 13.9.